The summed E-state index contributed by atoms with van der Waals surface area (Å²) >= 11 is 0. The summed E-state index contributed by atoms with van der Waals surface area (Å²) in [6.45, 7) is 2.00. The minimum Gasteiger partial charge on any atom is -0.508 e. The molecule has 0 radical (unpaired) electrons. The summed E-state index contributed by atoms with van der Waals surface area (Å²) in [4.78, 5) is 11.7. The van der Waals surface area contributed by atoms with Crippen molar-refractivity contribution in [2.75, 3.05) is 6.61 Å². The van der Waals surface area contributed by atoms with Crippen LogP contribution in [0.25, 0.3) is 16.7 Å². The lowest BCUT2D eigenvalue weighted by atomic mass is 10.3. The maximum absolute atomic E-state index is 11.7. The third-order valence-corrected chi connectivity index (χ3v) is 2.68. The normalized spacial score (nSPS) is 11.0. The van der Waals surface area contributed by atoms with Gasteiger partial charge in [0, 0.05) is 6.07 Å². The molecule has 19 heavy (non-hydrogen) atoms. The van der Waals surface area contributed by atoms with E-state index in [0.29, 0.717) is 16.7 Å². The number of benzene rings is 1. The van der Waals surface area contributed by atoms with Crippen LogP contribution in [0.15, 0.2) is 24.4 Å². The van der Waals surface area contributed by atoms with Crippen LogP contribution in [-0.4, -0.2) is 37.5 Å². The fourth-order valence-electron chi connectivity index (χ4n) is 1.83. The topological polar surface area (TPSA) is 89.6 Å². The van der Waals surface area contributed by atoms with Crippen LogP contribution in [0.3, 0.4) is 0 Å². The molecule has 7 nitrogen and oxygen atoms in total. The summed E-state index contributed by atoms with van der Waals surface area (Å²) in [6, 6.07) is 4.65. The summed E-state index contributed by atoms with van der Waals surface area (Å²) < 4.78 is 6.37. The van der Waals surface area contributed by atoms with Crippen molar-refractivity contribution in [2.45, 2.75) is 6.92 Å². The van der Waals surface area contributed by atoms with Gasteiger partial charge in [-0.3, -0.25) is 0 Å². The van der Waals surface area contributed by atoms with E-state index < -0.39 is 5.97 Å². The number of nitrogens with zero attached hydrogens (tertiary/aromatic N) is 4. The zero-order valence-corrected chi connectivity index (χ0v) is 10.1. The molecule has 2 heterocycles. The lowest BCUT2D eigenvalue weighted by Crippen LogP contribution is -2.05. The molecule has 0 unspecified atom stereocenters. The van der Waals surface area contributed by atoms with Crippen LogP contribution in [0.4, 0.5) is 0 Å². The van der Waals surface area contributed by atoms with E-state index in [4.69, 9.17) is 4.74 Å². The van der Waals surface area contributed by atoms with Gasteiger partial charge in [0.05, 0.1) is 18.3 Å². The number of phenols is 1. The number of aromatic hydroxyl groups is 1. The zero-order valence-electron chi connectivity index (χ0n) is 10.1. The molecule has 0 aliphatic rings. The highest BCUT2D eigenvalue weighted by molar-refractivity contribution is 5.96. The molecule has 96 valence electrons. The molecule has 0 aliphatic heterocycles. The van der Waals surface area contributed by atoms with Gasteiger partial charge in [0.15, 0.2) is 5.65 Å². The van der Waals surface area contributed by atoms with Gasteiger partial charge in [-0.05, 0) is 19.1 Å². The van der Waals surface area contributed by atoms with Crippen LogP contribution in [-0.2, 0) is 4.74 Å². The molecule has 0 spiro atoms. The molecule has 0 saturated heterocycles. The van der Waals surface area contributed by atoms with E-state index >= 15 is 0 Å². The van der Waals surface area contributed by atoms with Gasteiger partial charge in [-0.25, -0.2) is 9.31 Å². The second kappa shape index (κ2) is 4.20. The van der Waals surface area contributed by atoms with Gasteiger partial charge >= 0.3 is 5.97 Å². The third-order valence-electron chi connectivity index (χ3n) is 2.68. The van der Waals surface area contributed by atoms with Gasteiger partial charge in [0.1, 0.15) is 16.8 Å². The van der Waals surface area contributed by atoms with Crippen LogP contribution in [0.1, 0.15) is 17.3 Å². The molecule has 3 aromatic rings. The summed E-state index contributed by atoms with van der Waals surface area (Å²) in [5.74, 6) is -0.402. The van der Waals surface area contributed by atoms with E-state index in [0.717, 1.165) is 0 Å². The fraction of sp³-hybridized carbons (Fsp3) is 0.167. The van der Waals surface area contributed by atoms with E-state index in [9.17, 15) is 9.90 Å². The Labute approximate surface area is 107 Å². The molecule has 3 rings (SSSR count). The van der Waals surface area contributed by atoms with Crippen LogP contribution in [0, 0.1) is 0 Å². The molecule has 0 aliphatic carbocycles. The molecule has 0 saturated carbocycles. The first-order valence-corrected chi connectivity index (χ1v) is 5.71. The standard InChI is InChI=1S/C12H10N4O3/c1-2-19-12(18)8-6-13-16-10-5-7(17)3-4-9(10)14-15-11(8)16/h3-6,17H,2H2,1H3. The monoisotopic (exact) mass is 258 g/mol. The number of ether oxygens (including phenoxy) is 1. The van der Waals surface area contributed by atoms with E-state index in [-0.39, 0.29) is 17.9 Å². The Morgan fingerprint density at radius 2 is 2.26 bits per heavy atom. The van der Waals surface area contributed by atoms with E-state index in [1.165, 1.54) is 22.8 Å². The lowest BCUT2D eigenvalue weighted by Gasteiger charge is -2.01. The number of hydrogen-bond acceptors (Lipinski definition) is 6. The van der Waals surface area contributed by atoms with Crippen molar-refractivity contribution in [2.24, 2.45) is 0 Å². The highest BCUT2D eigenvalue weighted by atomic mass is 16.5. The van der Waals surface area contributed by atoms with E-state index in [1.54, 1.807) is 13.0 Å². The van der Waals surface area contributed by atoms with Crippen molar-refractivity contribution in [1.29, 1.82) is 0 Å². The number of aromatic nitrogens is 4. The Hall–Kier alpha value is -2.70. The second-order valence-electron chi connectivity index (χ2n) is 3.89. The largest absolute Gasteiger partial charge is 0.508 e. The average molecular weight is 258 g/mol. The molecule has 0 fully saturated rings. The molecule has 0 atom stereocenters. The van der Waals surface area contributed by atoms with Gasteiger partial charge in [0.25, 0.3) is 0 Å². The molecule has 2 aromatic heterocycles. The zero-order chi connectivity index (χ0) is 13.4. The maximum Gasteiger partial charge on any atom is 0.343 e. The Kier molecular flexibility index (Phi) is 2.52. The molecule has 1 aromatic carbocycles. The minimum atomic E-state index is -0.494. The van der Waals surface area contributed by atoms with Crippen LogP contribution in [0.2, 0.25) is 0 Å². The number of esters is 1. The van der Waals surface area contributed by atoms with E-state index in [1.807, 2.05) is 0 Å². The third kappa shape index (κ3) is 1.75. The maximum atomic E-state index is 11.7. The summed E-state index contributed by atoms with van der Waals surface area (Å²) in [5.41, 5.74) is 1.69. The molecule has 0 bridgehead atoms. The van der Waals surface area contributed by atoms with Crippen molar-refractivity contribution >= 4 is 22.6 Å². The van der Waals surface area contributed by atoms with Gasteiger partial charge in [-0.2, -0.15) is 5.10 Å². The number of carbonyl (C=O) groups excluding carboxylic acids is 1. The van der Waals surface area contributed by atoms with Crippen LogP contribution >= 0.6 is 0 Å². The van der Waals surface area contributed by atoms with Crippen molar-refractivity contribution in [3.05, 3.63) is 30.0 Å². The van der Waals surface area contributed by atoms with Crippen molar-refractivity contribution in [1.82, 2.24) is 19.8 Å². The minimum absolute atomic E-state index is 0.0926. The Bertz CT molecular complexity index is 781. The van der Waals surface area contributed by atoms with Crippen LogP contribution in [0.5, 0.6) is 5.75 Å². The van der Waals surface area contributed by atoms with E-state index in [2.05, 4.69) is 15.3 Å². The predicted octanol–water partition coefficient (Wildman–Crippen LogP) is 1.16. The summed E-state index contributed by atoms with van der Waals surface area (Å²) in [5, 5.41) is 21.6. The van der Waals surface area contributed by atoms with Gasteiger partial charge in [0.2, 0.25) is 0 Å². The Morgan fingerprint density at radius 1 is 1.42 bits per heavy atom. The quantitative estimate of drug-likeness (QED) is 0.694. The molecular weight excluding hydrogens is 248 g/mol. The number of rotatable bonds is 2. The molecule has 1 N–H and O–H groups in total. The molecular formula is C12H10N4O3. The molecule has 7 heteroatoms. The van der Waals surface area contributed by atoms with Crippen molar-refractivity contribution < 1.29 is 14.6 Å². The van der Waals surface area contributed by atoms with Gasteiger partial charge in [-0.1, -0.05) is 0 Å². The predicted molar refractivity (Wildman–Crippen MR) is 65.9 cm³/mol. The highest BCUT2D eigenvalue weighted by Gasteiger charge is 2.17. The number of phenolic OH excluding ortho intramolecular Hbond substituents is 1. The fourth-order valence-corrected chi connectivity index (χ4v) is 1.83. The summed E-state index contributed by atoms with van der Waals surface area (Å²) in [6.07, 6.45) is 1.38. The van der Waals surface area contributed by atoms with Crippen LogP contribution < -0.4 is 0 Å². The second-order valence-corrected chi connectivity index (χ2v) is 3.89. The Morgan fingerprint density at radius 3 is 3.05 bits per heavy atom. The van der Waals surface area contributed by atoms with Gasteiger partial charge in [-0.15, -0.1) is 10.2 Å². The number of fused-ring (bicyclic) bond motifs is 3. The average Bonchev–Trinajstić information content (AvgIpc) is 2.83. The molecule has 0 amide bonds. The highest BCUT2D eigenvalue weighted by Crippen LogP contribution is 2.19. The summed E-state index contributed by atoms with van der Waals surface area (Å²) in [7, 11) is 0. The number of carbonyl (C=O) groups is 1. The first kappa shape index (κ1) is 11.4. The van der Waals surface area contributed by atoms with Crippen molar-refractivity contribution in [3.8, 4) is 5.75 Å². The van der Waals surface area contributed by atoms with Gasteiger partial charge < -0.3 is 9.84 Å². The Balaban J connectivity index is 2.27. The van der Waals surface area contributed by atoms with Crippen molar-refractivity contribution in [3.63, 3.8) is 0 Å². The first-order chi connectivity index (χ1) is 9.20. The number of hydrogen-bond donors (Lipinski definition) is 1. The lowest BCUT2D eigenvalue weighted by molar-refractivity contribution is 0.0528. The first-order valence-electron chi connectivity index (χ1n) is 5.71. The SMILES string of the molecule is CCOC(=O)c1cnn2c1nnc1ccc(O)cc12. The smallest absolute Gasteiger partial charge is 0.343 e.